The van der Waals surface area contributed by atoms with E-state index < -0.39 is 0 Å². The molecule has 0 saturated heterocycles. The molecule has 0 saturated carbocycles. The van der Waals surface area contributed by atoms with E-state index in [4.69, 9.17) is 5.73 Å². The highest BCUT2D eigenvalue weighted by Gasteiger charge is 2.00. The minimum absolute atomic E-state index is 0.135. The van der Waals surface area contributed by atoms with Gasteiger partial charge in [-0.15, -0.1) is 11.3 Å². The molecule has 3 heteroatoms. The second kappa shape index (κ2) is 2.45. The van der Waals surface area contributed by atoms with Gasteiger partial charge < -0.3 is 5.73 Å². The molecule has 0 aliphatic carbocycles. The van der Waals surface area contributed by atoms with Crippen LogP contribution >= 0.6 is 11.3 Å². The highest BCUT2D eigenvalue weighted by atomic mass is 32.1. The Morgan fingerprint density at radius 2 is 2.44 bits per heavy atom. The number of rotatable bonds is 1. The summed E-state index contributed by atoms with van der Waals surface area (Å²) in [7, 11) is 0. The Bertz CT molecular complexity index is 193. The lowest BCUT2D eigenvalue weighted by Gasteiger charge is -1.95. The van der Waals surface area contributed by atoms with Crippen LogP contribution in [0.4, 0.5) is 0 Å². The summed E-state index contributed by atoms with van der Waals surface area (Å²) in [5.74, 6) is 0. The molecule has 1 heterocycles. The van der Waals surface area contributed by atoms with Crippen LogP contribution in [0, 0.1) is 6.92 Å². The van der Waals surface area contributed by atoms with Crippen molar-refractivity contribution in [2.45, 2.75) is 19.9 Å². The van der Waals surface area contributed by atoms with E-state index in [1.165, 1.54) is 0 Å². The van der Waals surface area contributed by atoms with Gasteiger partial charge in [0, 0.05) is 17.1 Å². The molecule has 50 valence electrons. The lowest BCUT2D eigenvalue weighted by atomic mass is 10.3. The van der Waals surface area contributed by atoms with Crippen molar-refractivity contribution in [2.24, 2.45) is 5.73 Å². The maximum absolute atomic E-state index is 5.60. The minimum atomic E-state index is 0.135. The normalized spacial score (nSPS) is 13.7. The zero-order valence-electron chi connectivity index (χ0n) is 5.59. The number of nitrogens with zero attached hydrogens (tertiary/aromatic N) is 1. The molecular formula is C6H10N2S. The van der Waals surface area contributed by atoms with Crippen LogP contribution in [-0.4, -0.2) is 4.98 Å². The van der Waals surface area contributed by atoms with E-state index in [0.717, 1.165) is 9.88 Å². The van der Waals surface area contributed by atoms with Crippen LogP contribution in [0.2, 0.25) is 0 Å². The Hall–Kier alpha value is -0.410. The third kappa shape index (κ3) is 1.50. The maximum atomic E-state index is 5.60. The summed E-state index contributed by atoms with van der Waals surface area (Å²) in [6, 6.07) is 0.135. The molecule has 1 aromatic heterocycles. The Labute approximate surface area is 58.7 Å². The highest BCUT2D eigenvalue weighted by Crippen LogP contribution is 2.16. The fourth-order valence-electron chi connectivity index (χ4n) is 0.588. The summed E-state index contributed by atoms with van der Waals surface area (Å²) in [6.45, 7) is 3.95. The summed E-state index contributed by atoms with van der Waals surface area (Å²) < 4.78 is 0. The van der Waals surface area contributed by atoms with Gasteiger partial charge in [-0.25, -0.2) is 4.98 Å². The minimum Gasteiger partial charge on any atom is -0.323 e. The first kappa shape index (κ1) is 6.71. The second-order valence-corrected chi connectivity index (χ2v) is 3.34. The topological polar surface area (TPSA) is 38.9 Å². The lowest BCUT2D eigenvalue weighted by Crippen LogP contribution is -2.01. The van der Waals surface area contributed by atoms with E-state index in [0.29, 0.717) is 0 Å². The van der Waals surface area contributed by atoms with Gasteiger partial charge in [0.2, 0.25) is 0 Å². The Morgan fingerprint density at radius 1 is 1.78 bits per heavy atom. The van der Waals surface area contributed by atoms with Crippen molar-refractivity contribution in [3.05, 3.63) is 16.1 Å². The van der Waals surface area contributed by atoms with Gasteiger partial charge in [0.1, 0.15) is 0 Å². The maximum Gasteiger partial charge on any atom is 0.0897 e. The molecule has 2 N–H and O–H groups in total. The molecule has 2 nitrogen and oxygen atoms in total. The molecule has 1 aromatic rings. The molecule has 0 bridgehead atoms. The van der Waals surface area contributed by atoms with Crippen LogP contribution in [0.3, 0.4) is 0 Å². The second-order valence-electron chi connectivity index (χ2n) is 2.07. The van der Waals surface area contributed by atoms with Crippen LogP contribution in [0.1, 0.15) is 22.9 Å². The first-order valence-corrected chi connectivity index (χ1v) is 3.69. The number of hydrogen-bond donors (Lipinski definition) is 1. The van der Waals surface area contributed by atoms with Gasteiger partial charge in [-0.05, 0) is 13.8 Å². The zero-order chi connectivity index (χ0) is 6.85. The van der Waals surface area contributed by atoms with Gasteiger partial charge in [-0.2, -0.15) is 0 Å². The average molecular weight is 142 g/mol. The van der Waals surface area contributed by atoms with Crippen molar-refractivity contribution >= 4 is 11.3 Å². The van der Waals surface area contributed by atoms with Crippen LogP contribution in [0.25, 0.3) is 0 Å². The van der Waals surface area contributed by atoms with E-state index in [9.17, 15) is 0 Å². The predicted molar refractivity (Wildman–Crippen MR) is 39.5 cm³/mol. The molecule has 0 spiro atoms. The van der Waals surface area contributed by atoms with Gasteiger partial charge in [0.25, 0.3) is 0 Å². The van der Waals surface area contributed by atoms with Crippen molar-refractivity contribution in [1.82, 2.24) is 4.98 Å². The van der Waals surface area contributed by atoms with Gasteiger partial charge in [-0.1, -0.05) is 0 Å². The molecule has 1 atom stereocenters. The van der Waals surface area contributed by atoms with E-state index in [2.05, 4.69) is 4.98 Å². The Kier molecular flexibility index (Phi) is 1.83. The predicted octanol–water partition coefficient (Wildman–Crippen LogP) is 1.47. The molecule has 0 aromatic carbocycles. The molecule has 0 radical (unpaired) electrons. The van der Waals surface area contributed by atoms with Gasteiger partial charge in [0.05, 0.1) is 5.01 Å². The number of aryl methyl sites for hydroxylation is 1. The summed E-state index contributed by atoms with van der Waals surface area (Å²) in [5.41, 5.74) is 5.60. The van der Waals surface area contributed by atoms with Gasteiger partial charge in [0.15, 0.2) is 0 Å². The largest absolute Gasteiger partial charge is 0.323 e. The first-order valence-electron chi connectivity index (χ1n) is 2.88. The molecular weight excluding hydrogens is 132 g/mol. The number of thiazole rings is 1. The third-order valence-electron chi connectivity index (χ3n) is 1.09. The van der Waals surface area contributed by atoms with E-state index >= 15 is 0 Å². The van der Waals surface area contributed by atoms with E-state index in [1.54, 1.807) is 11.3 Å². The molecule has 0 aliphatic rings. The molecule has 1 rings (SSSR count). The average Bonchev–Trinajstić information content (AvgIpc) is 2.14. The Balaban J connectivity index is 2.85. The van der Waals surface area contributed by atoms with Crippen LogP contribution in [0.5, 0.6) is 0 Å². The summed E-state index contributed by atoms with van der Waals surface area (Å²) in [6.07, 6.45) is 1.84. The number of aromatic nitrogens is 1. The quantitative estimate of drug-likeness (QED) is 0.645. The van der Waals surface area contributed by atoms with Crippen LogP contribution in [-0.2, 0) is 0 Å². The van der Waals surface area contributed by atoms with Crippen LogP contribution in [0.15, 0.2) is 6.20 Å². The first-order chi connectivity index (χ1) is 4.20. The summed E-state index contributed by atoms with van der Waals surface area (Å²) in [5, 5.41) is 1.09. The monoisotopic (exact) mass is 142 g/mol. The molecule has 9 heavy (non-hydrogen) atoms. The standard InChI is InChI=1S/C6H10N2S/c1-4(7)6-3-8-5(2)9-6/h3-4H,7H2,1-2H3/t4-/m1/s1. The number of nitrogens with two attached hydrogens (primary N) is 1. The summed E-state index contributed by atoms with van der Waals surface area (Å²) >= 11 is 1.66. The summed E-state index contributed by atoms with van der Waals surface area (Å²) in [4.78, 5) is 5.24. The van der Waals surface area contributed by atoms with Crippen molar-refractivity contribution in [3.8, 4) is 0 Å². The molecule has 0 fully saturated rings. The van der Waals surface area contributed by atoms with Gasteiger partial charge in [-0.3, -0.25) is 0 Å². The van der Waals surface area contributed by atoms with E-state index in [-0.39, 0.29) is 6.04 Å². The third-order valence-corrected chi connectivity index (χ3v) is 2.20. The van der Waals surface area contributed by atoms with Crippen LogP contribution < -0.4 is 5.73 Å². The molecule has 0 unspecified atom stereocenters. The van der Waals surface area contributed by atoms with E-state index in [1.807, 2.05) is 20.0 Å². The van der Waals surface area contributed by atoms with Gasteiger partial charge >= 0.3 is 0 Å². The molecule has 0 aliphatic heterocycles. The zero-order valence-corrected chi connectivity index (χ0v) is 6.40. The molecule has 0 amide bonds. The number of hydrogen-bond acceptors (Lipinski definition) is 3. The van der Waals surface area contributed by atoms with Crippen molar-refractivity contribution in [2.75, 3.05) is 0 Å². The smallest absolute Gasteiger partial charge is 0.0897 e. The lowest BCUT2D eigenvalue weighted by molar-refractivity contribution is 0.835. The van der Waals surface area contributed by atoms with Crippen molar-refractivity contribution < 1.29 is 0 Å². The fourth-order valence-corrected chi connectivity index (χ4v) is 1.33. The highest BCUT2D eigenvalue weighted by molar-refractivity contribution is 7.11. The van der Waals surface area contributed by atoms with Crippen molar-refractivity contribution in [1.29, 1.82) is 0 Å². The van der Waals surface area contributed by atoms with Crippen molar-refractivity contribution in [3.63, 3.8) is 0 Å². The SMILES string of the molecule is Cc1ncc([C@@H](C)N)s1. The Morgan fingerprint density at radius 3 is 2.67 bits per heavy atom. The fraction of sp³-hybridized carbons (Fsp3) is 0.500.